The molecule has 2 heterocycles. The van der Waals surface area contributed by atoms with Gasteiger partial charge in [-0.3, -0.25) is 0 Å². The Labute approximate surface area is 346 Å². The smallest absolute Gasteiger partial charge is 0.164 e. The van der Waals surface area contributed by atoms with E-state index < -0.39 is 0 Å². The first kappa shape index (κ1) is 34.7. The lowest BCUT2D eigenvalue weighted by Gasteiger charge is -2.15. The molecule has 0 spiro atoms. The van der Waals surface area contributed by atoms with E-state index in [-0.39, 0.29) is 0 Å². The Hall–Kier alpha value is -7.53. The first-order chi connectivity index (χ1) is 29.2. The van der Waals surface area contributed by atoms with Gasteiger partial charge in [0.25, 0.3) is 0 Å². The first-order valence-corrected chi connectivity index (χ1v) is 20.7. The van der Waals surface area contributed by atoms with Gasteiger partial charge in [0.15, 0.2) is 17.5 Å². The highest BCUT2D eigenvalue weighted by atomic mass is 32.1. The van der Waals surface area contributed by atoms with E-state index in [1.165, 1.54) is 36.5 Å². The zero-order valence-corrected chi connectivity index (χ0v) is 32.8. The van der Waals surface area contributed by atoms with E-state index >= 15 is 0 Å². The van der Waals surface area contributed by atoms with Crippen LogP contribution < -0.4 is 0 Å². The molecule has 9 aromatic carbocycles. The van der Waals surface area contributed by atoms with Crippen molar-refractivity contribution in [3.8, 4) is 78.7 Å². The molecule has 59 heavy (non-hydrogen) atoms. The van der Waals surface area contributed by atoms with E-state index in [4.69, 9.17) is 15.0 Å². The van der Waals surface area contributed by atoms with Crippen molar-refractivity contribution < 1.29 is 0 Å². The van der Waals surface area contributed by atoms with Gasteiger partial charge in [0.2, 0.25) is 0 Å². The molecule has 0 aliphatic carbocycles. The van der Waals surface area contributed by atoms with Gasteiger partial charge < -0.3 is 0 Å². The number of aromatic nitrogens is 3. The zero-order chi connectivity index (χ0) is 39.1. The van der Waals surface area contributed by atoms with Gasteiger partial charge >= 0.3 is 0 Å². The molecule has 0 bridgehead atoms. The van der Waals surface area contributed by atoms with Crippen molar-refractivity contribution in [2.45, 2.75) is 0 Å². The summed E-state index contributed by atoms with van der Waals surface area (Å²) in [6, 6.07) is 75.2. The summed E-state index contributed by atoms with van der Waals surface area (Å²) in [5.41, 5.74) is 11.8. The van der Waals surface area contributed by atoms with Gasteiger partial charge in [0.1, 0.15) is 0 Å². The van der Waals surface area contributed by atoms with Crippen molar-refractivity contribution in [1.82, 2.24) is 15.0 Å². The third-order valence-corrected chi connectivity index (χ3v) is 12.3. The van der Waals surface area contributed by atoms with E-state index in [1.807, 2.05) is 23.5 Å². The molecular formula is C55H35N3S. The summed E-state index contributed by atoms with van der Waals surface area (Å²) in [7, 11) is 0. The van der Waals surface area contributed by atoms with Gasteiger partial charge in [0, 0.05) is 36.9 Å². The van der Waals surface area contributed by atoms with Crippen LogP contribution in [0.5, 0.6) is 0 Å². The number of rotatable bonds is 7. The quantitative estimate of drug-likeness (QED) is 0.162. The Bertz CT molecular complexity index is 3330. The summed E-state index contributed by atoms with van der Waals surface area (Å²) in [4.78, 5) is 16.0. The number of hydrogen-bond donors (Lipinski definition) is 0. The van der Waals surface area contributed by atoms with Gasteiger partial charge in [-0.25, -0.2) is 15.0 Å². The predicted octanol–water partition coefficient (Wildman–Crippen LogP) is 15.1. The summed E-state index contributed by atoms with van der Waals surface area (Å²) in [5.74, 6) is 1.86. The van der Waals surface area contributed by atoms with Crippen molar-refractivity contribution in [3.63, 3.8) is 0 Å². The number of fused-ring (bicyclic) bond motifs is 4. The molecule has 0 atom stereocenters. The number of nitrogens with zero attached hydrogens (tertiary/aromatic N) is 3. The predicted molar refractivity (Wildman–Crippen MR) is 248 cm³/mol. The third-order valence-electron chi connectivity index (χ3n) is 11.1. The van der Waals surface area contributed by atoms with Gasteiger partial charge in [-0.15, -0.1) is 11.3 Å². The Morgan fingerprint density at radius 1 is 0.271 bits per heavy atom. The molecule has 0 saturated carbocycles. The third kappa shape index (κ3) is 6.46. The second kappa shape index (κ2) is 14.8. The van der Waals surface area contributed by atoms with E-state index in [9.17, 15) is 0 Å². The summed E-state index contributed by atoms with van der Waals surface area (Å²) in [6.45, 7) is 0. The highest BCUT2D eigenvalue weighted by molar-refractivity contribution is 7.26. The molecule has 0 unspecified atom stereocenters. The summed E-state index contributed by atoms with van der Waals surface area (Å²) < 4.78 is 2.54. The molecule has 2 aromatic heterocycles. The standard InChI is InChI=1S/C55H35N3S/c1-3-16-36(17-4-1)39-22-13-23-40(32-39)53-56-54(58-55(57-53)50-27-10-9-25-45(50)37-18-5-2-6-19-37)43-34-41(46-28-14-21-38-20-7-8-24-44(38)46)33-42(35-43)47-29-15-30-49-48-26-11-12-31-51(48)59-52(47)49/h1-35H. The van der Waals surface area contributed by atoms with Gasteiger partial charge in [-0.05, 0) is 85.6 Å². The molecule has 11 rings (SSSR count). The maximum atomic E-state index is 5.38. The van der Waals surface area contributed by atoms with Crippen molar-refractivity contribution in [2.24, 2.45) is 0 Å². The molecule has 11 aromatic rings. The number of thiophene rings is 1. The second-order valence-electron chi connectivity index (χ2n) is 14.8. The van der Waals surface area contributed by atoms with E-state index in [0.717, 1.165) is 55.6 Å². The second-order valence-corrected chi connectivity index (χ2v) is 15.8. The Morgan fingerprint density at radius 2 is 0.763 bits per heavy atom. The van der Waals surface area contributed by atoms with Crippen molar-refractivity contribution >= 4 is 42.3 Å². The first-order valence-electron chi connectivity index (χ1n) is 19.8. The van der Waals surface area contributed by atoms with Crippen LogP contribution in [0.15, 0.2) is 212 Å². The van der Waals surface area contributed by atoms with Crippen LogP contribution in [0.3, 0.4) is 0 Å². The molecule has 0 N–H and O–H groups in total. The highest BCUT2D eigenvalue weighted by Crippen LogP contribution is 2.43. The molecule has 0 amide bonds. The topological polar surface area (TPSA) is 38.7 Å². The Morgan fingerprint density at radius 3 is 1.59 bits per heavy atom. The molecule has 0 aliphatic rings. The van der Waals surface area contributed by atoms with Gasteiger partial charge in [-0.1, -0.05) is 182 Å². The summed E-state index contributed by atoms with van der Waals surface area (Å²) in [6.07, 6.45) is 0. The van der Waals surface area contributed by atoms with E-state index in [2.05, 4.69) is 200 Å². The molecular weight excluding hydrogens is 735 g/mol. The van der Waals surface area contributed by atoms with Gasteiger partial charge in [-0.2, -0.15) is 0 Å². The molecule has 0 radical (unpaired) electrons. The fourth-order valence-electron chi connectivity index (χ4n) is 8.29. The molecule has 4 heteroatoms. The minimum atomic E-state index is 0.616. The van der Waals surface area contributed by atoms with Crippen LogP contribution in [-0.4, -0.2) is 15.0 Å². The Balaban J connectivity index is 1.18. The number of benzene rings is 9. The lowest BCUT2D eigenvalue weighted by molar-refractivity contribution is 1.07. The summed E-state index contributed by atoms with van der Waals surface area (Å²) >= 11 is 1.85. The van der Waals surface area contributed by atoms with Gasteiger partial charge in [0.05, 0.1) is 0 Å². The maximum Gasteiger partial charge on any atom is 0.164 e. The minimum absolute atomic E-state index is 0.616. The fraction of sp³-hybridized carbons (Fsp3) is 0. The minimum Gasteiger partial charge on any atom is -0.208 e. The molecule has 0 aliphatic heterocycles. The summed E-state index contributed by atoms with van der Waals surface area (Å²) in [5, 5.41) is 4.94. The molecule has 3 nitrogen and oxygen atoms in total. The van der Waals surface area contributed by atoms with Crippen LogP contribution in [0.1, 0.15) is 0 Å². The monoisotopic (exact) mass is 769 g/mol. The maximum absolute atomic E-state index is 5.38. The Kier molecular flexibility index (Phi) is 8.68. The lowest BCUT2D eigenvalue weighted by atomic mass is 9.92. The fourth-order valence-corrected chi connectivity index (χ4v) is 9.53. The molecule has 0 saturated heterocycles. The lowest BCUT2D eigenvalue weighted by Crippen LogP contribution is -2.01. The van der Waals surface area contributed by atoms with Crippen LogP contribution in [0.4, 0.5) is 0 Å². The van der Waals surface area contributed by atoms with Crippen LogP contribution >= 0.6 is 11.3 Å². The largest absolute Gasteiger partial charge is 0.208 e. The van der Waals surface area contributed by atoms with Crippen LogP contribution in [-0.2, 0) is 0 Å². The zero-order valence-electron chi connectivity index (χ0n) is 32.0. The van der Waals surface area contributed by atoms with E-state index in [0.29, 0.717) is 17.5 Å². The van der Waals surface area contributed by atoms with Crippen LogP contribution in [0, 0.1) is 0 Å². The normalized spacial score (nSPS) is 11.4. The van der Waals surface area contributed by atoms with Crippen LogP contribution in [0.25, 0.3) is 110 Å². The van der Waals surface area contributed by atoms with E-state index in [1.54, 1.807) is 0 Å². The molecule has 276 valence electrons. The SMILES string of the molecule is c1ccc(-c2cccc(-c3nc(-c4cc(-c5cccc6ccccc56)cc(-c5cccc6c5sc5ccccc56)c4)nc(-c4ccccc4-c4ccccc4)n3)c2)cc1. The number of hydrogen-bond acceptors (Lipinski definition) is 4. The average Bonchev–Trinajstić information content (AvgIpc) is 3.71. The highest BCUT2D eigenvalue weighted by Gasteiger charge is 2.19. The van der Waals surface area contributed by atoms with Crippen molar-refractivity contribution in [3.05, 3.63) is 212 Å². The van der Waals surface area contributed by atoms with Crippen molar-refractivity contribution in [1.29, 1.82) is 0 Å². The van der Waals surface area contributed by atoms with Crippen LogP contribution in [0.2, 0.25) is 0 Å². The van der Waals surface area contributed by atoms with Crippen molar-refractivity contribution in [2.75, 3.05) is 0 Å². The molecule has 0 fully saturated rings. The average molecular weight is 770 g/mol.